The van der Waals surface area contributed by atoms with Gasteiger partial charge in [-0.15, -0.1) is 0 Å². The van der Waals surface area contributed by atoms with E-state index in [1.165, 1.54) is 7.11 Å². The molecule has 1 aliphatic heterocycles. The van der Waals surface area contributed by atoms with Crippen molar-refractivity contribution in [1.29, 1.82) is 0 Å². The van der Waals surface area contributed by atoms with Gasteiger partial charge in [-0.25, -0.2) is 9.97 Å². The molecular weight excluding hydrogens is 218 g/mol. The molecule has 1 aromatic heterocycles. The molecule has 1 fully saturated rings. The Labute approximate surface area is 101 Å². The number of hydrogen-bond acceptors (Lipinski definition) is 5. The predicted molar refractivity (Wildman–Crippen MR) is 62.6 cm³/mol. The van der Waals surface area contributed by atoms with Gasteiger partial charge in [0.1, 0.15) is 12.2 Å². The molecule has 0 N–H and O–H groups in total. The van der Waals surface area contributed by atoms with Crippen LogP contribution in [0.3, 0.4) is 0 Å². The standard InChI is InChI=1S/C12H17N3O2/c1-15-6-4-9(8-15)10-3-5-13-11(14-10)7-12(16)17-2/h3,5,9H,4,6-8H2,1-2H3. The first-order valence-corrected chi connectivity index (χ1v) is 5.76. The van der Waals surface area contributed by atoms with Gasteiger partial charge in [-0.3, -0.25) is 4.79 Å². The number of carbonyl (C=O) groups is 1. The Morgan fingerprint density at radius 1 is 1.65 bits per heavy atom. The summed E-state index contributed by atoms with van der Waals surface area (Å²) in [6.07, 6.45) is 2.98. The third-order valence-corrected chi connectivity index (χ3v) is 3.07. The van der Waals surface area contributed by atoms with Gasteiger partial charge in [0, 0.05) is 24.4 Å². The normalized spacial score (nSPS) is 20.5. The molecule has 1 unspecified atom stereocenters. The molecule has 0 aliphatic carbocycles. The molecule has 2 rings (SSSR count). The van der Waals surface area contributed by atoms with Crippen LogP contribution >= 0.6 is 0 Å². The lowest BCUT2D eigenvalue weighted by molar-refractivity contribution is -0.139. The van der Waals surface area contributed by atoms with Crippen LogP contribution in [0.1, 0.15) is 23.9 Å². The Morgan fingerprint density at radius 2 is 2.47 bits per heavy atom. The molecule has 1 aromatic rings. The van der Waals surface area contributed by atoms with Crippen molar-refractivity contribution in [3.63, 3.8) is 0 Å². The monoisotopic (exact) mass is 235 g/mol. The summed E-state index contributed by atoms with van der Waals surface area (Å²) in [5.41, 5.74) is 1.03. The quantitative estimate of drug-likeness (QED) is 0.718. The summed E-state index contributed by atoms with van der Waals surface area (Å²) in [6.45, 7) is 2.12. The second-order valence-corrected chi connectivity index (χ2v) is 4.40. The summed E-state index contributed by atoms with van der Waals surface area (Å²) in [4.78, 5) is 22.0. The van der Waals surface area contributed by atoms with Crippen molar-refractivity contribution >= 4 is 5.97 Å². The first-order valence-electron chi connectivity index (χ1n) is 5.76. The molecule has 1 aliphatic rings. The van der Waals surface area contributed by atoms with Gasteiger partial charge in [-0.2, -0.15) is 0 Å². The third-order valence-electron chi connectivity index (χ3n) is 3.07. The lowest BCUT2D eigenvalue weighted by atomic mass is 10.0. The van der Waals surface area contributed by atoms with Gasteiger partial charge in [0.2, 0.25) is 0 Å². The molecule has 0 aromatic carbocycles. The zero-order valence-corrected chi connectivity index (χ0v) is 10.2. The van der Waals surface area contributed by atoms with E-state index in [1.807, 2.05) is 6.07 Å². The van der Waals surface area contributed by atoms with Gasteiger partial charge in [0.25, 0.3) is 0 Å². The number of methoxy groups -OCH3 is 1. The Balaban J connectivity index is 2.08. The average molecular weight is 235 g/mol. The molecule has 1 saturated heterocycles. The summed E-state index contributed by atoms with van der Waals surface area (Å²) >= 11 is 0. The molecule has 17 heavy (non-hydrogen) atoms. The van der Waals surface area contributed by atoms with Gasteiger partial charge in [0.05, 0.1) is 7.11 Å². The number of aromatic nitrogens is 2. The summed E-state index contributed by atoms with van der Waals surface area (Å²) in [7, 11) is 3.48. The molecule has 0 bridgehead atoms. The highest BCUT2D eigenvalue weighted by Gasteiger charge is 2.22. The van der Waals surface area contributed by atoms with Gasteiger partial charge >= 0.3 is 5.97 Å². The van der Waals surface area contributed by atoms with E-state index in [4.69, 9.17) is 0 Å². The smallest absolute Gasteiger partial charge is 0.313 e. The number of carbonyl (C=O) groups excluding carboxylic acids is 1. The number of ether oxygens (including phenoxy) is 1. The van der Waals surface area contributed by atoms with Crippen LogP contribution in [-0.4, -0.2) is 48.1 Å². The summed E-state index contributed by atoms with van der Waals surface area (Å²) < 4.78 is 4.61. The Morgan fingerprint density at radius 3 is 3.12 bits per heavy atom. The van der Waals surface area contributed by atoms with Gasteiger partial charge < -0.3 is 9.64 Å². The van der Waals surface area contributed by atoms with Crippen LogP contribution in [0.5, 0.6) is 0 Å². The lowest BCUT2D eigenvalue weighted by Gasteiger charge is -2.10. The van der Waals surface area contributed by atoms with Crippen molar-refractivity contribution < 1.29 is 9.53 Å². The summed E-state index contributed by atoms with van der Waals surface area (Å²) in [5, 5.41) is 0. The number of rotatable bonds is 3. The maximum Gasteiger partial charge on any atom is 0.313 e. The largest absolute Gasteiger partial charge is 0.469 e. The van der Waals surface area contributed by atoms with Gasteiger partial charge in [-0.1, -0.05) is 0 Å². The van der Waals surface area contributed by atoms with Crippen LogP contribution in [0.2, 0.25) is 0 Å². The van der Waals surface area contributed by atoms with Crippen LogP contribution < -0.4 is 0 Å². The van der Waals surface area contributed by atoms with Crippen molar-refractivity contribution in [3.05, 3.63) is 23.8 Å². The topological polar surface area (TPSA) is 55.3 Å². The first kappa shape index (κ1) is 12.0. The fourth-order valence-electron chi connectivity index (χ4n) is 2.11. The first-order chi connectivity index (χ1) is 8.19. The van der Waals surface area contributed by atoms with Crippen molar-refractivity contribution in [2.45, 2.75) is 18.8 Å². The van der Waals surface area contributed by atoms with Crippen LogP contribution in [0.15, 0.2) is 12.3 Å². The van der Waals surface area contributed by atoms with Gasteiger partial charge in [-0.05, 0) is 26.1 Å². The van der Waals surface area contributed by atoms with Crippen molar-refractivity contribution in [1.82, 2.24) is 14.9 Å². The zero-order valence-electron chi connectivity index (χ0n) is 10.2. The third kappa shape index (κ3) is 3.00. The molecule has 5 heteroatoms. The Hall–Kier alpha value is -1.49. The van der Waals surface area contributed by atoms with E-state index in [0.29, 0.717) is 11.7 Å². The Kier molecular flexibility index (Phi) is 3.68. The van der Waals surface area contributed by atoms with E-state index in [9.17, 15) is 4.79 Å². The number of esters is 1. The number of likely N-dealkylation sites (N-methyl/N-ethyl adjacent to an activating group) is 1. The number of nitrogens with zero attached hydrogens (tertiary/aromatic N) is 3. The van der Waals surface area contributed by atoms with Gasteiger partial charge in [0.15, 0.2) is 0 Å². The average Bonchev–Trinajstić information content (AvgIpc) is 2.76. The molecule has 0 amide bonds. The maximum absolute atomic E-state index is 11.2. The number of hydrogen-bond donors (Lipinski definition) is 0. The van der Waals surface area contributed by atoms with Crippen molar-refractivity contribution in [2.24, 2.45) is 0 Å². The van der Waals surface area contributed by atoms with E-state index in [1.54, 1.807) is 6.20 Å². The highest BCUT2D eigenvalue weighted by molar-refractivity contribution is 5.71. The predicted octanol–water partition coefficient (Wildman–Crippen LogP) is 0.611. The number of likely N-dealkylation sites (tertiary alicyclic amines) is 1. The molecule has 1 atom stereocenters. The fraction of sp³-hybridized carbons (Fsp3) is 0.583. The van der Waals surface area contributed by atoms with E-state index >= 15 is 0 Å². The van der Waals surface area contributed by atoms with E-state index in [2.05, 4.69) is 26.7 Å². The van der Waals surface area contributed by atoms with Crippen molar-refractivity contribution in [2.75, 3.05) is 27.2 Å². The minimum atomic E-state index is -0.300. The van der Waals surface area contributed by atoms with Crippen LogP contribution in [0.4, 0.5) is 0 Å². The molecule has 92 valence electrons. The Bertz CT molecular complexity index is 408. The van der Waals surface area contributed by atoms with E-state index in [0.717, 1.165) is 25.2 Å². The lowest BCUT2D eigenvalue weighted by Crippen LogP contribution is -2.15. The minimum absolute atomic E-state index is 0.146. The maximum atomic E-state index is 11.2. The van der Waals surface area contributed by atoms with Crippen LogP contribution in [0.25, 0.3) is 0 Å². The van der Waals surface area contributed by atoms with E-state index in [-0.39, 0.29) is 12.4 Å². The molecule has 5 nitrogen and oxygen atoms in total. The molecular formula is C12H17N3O2. The highest BCUT2D eigenvalue weighted by atomic mass is 16.5. The minimum Gasteiger partial charge on any atom is -0.469 e. The summed E-state index contributed by atoms with van der Waals surface area (Å²) in [5.74, 6) is 0.703. The molecule has 0 spiro atoms. The van der Waals surface area contributed by atoms with Crippen molar-refractivity contribution in [3.8, 4) is 0 Å². The second-order valence-electron chi connectivity index (χ2n) is 4.40. The molecule has 0 radical (unpaired) electrons. The SMILES string of the molecule is COC(=O)Cc1nccc(C2CCN(C)C2)n1. The molecule has 2 heterocycles. The fourth-order valence-corrected chi connectivity index (χ4v) is 2.11. The van der Waals surface area contributed by atoms with E-state index < -0.39 is 0 Å². The summed E-state index contributed by atoms with van der Waals surface area (Å²) in [6, 6.07) is 1.94. The van der Waals surface area contributed by atoms with Crippen LogP contribution in [0, 0.1) is 0 Å². The van der Waals surface area contributed by atoms with Crippen LogP contribution in [-0.2, 0) is 16.0 Å². The highest BCUT2D eigenvalue weighted by Crippen LogP contribution is 2.24. The zero-order chi connectivity index (χ0) is 12.3. The second kappa shape index (κ2) is 5.23. The molecule has 0 saturated carbocycles.